The number of hydrogen-bond donors (Lipinski definition) is 2. The number of ether oxygens (including phenoxy) is 1. The highest BCUT2D eigenvalue weighted by Crippen LogP contribution is 2.13. The van der Waals surface area contributed by atoms with Gasteiger partial charge in [-0.05, 0) is 24.1 Å². The fourth-order valence-corrected chi connectivity index (χ4v) is 1.21. The lowest BCUT2D eigenvalue weighted by molar-refractivity contribution is 0.206. The quantitative estimate of drug-likeness (QED) is 0.770. The summed E-state index contributed by atoms with van der Waals surface area (Å²) in [7, 11) is 0. The standard InChI is InChI=1S/C9H11NO4S/c1-2-7-4-3-5-8(6-7)14-9(11)10-15(12)13/h3-6H,2H2,1H3,(H,10,11)(H,12,13). The maximum absolute atomic E-state index is 10.9. The van der Waals surface area contributed by atoms with Gasteiger partial charge in [0.25, 0.3) is 11.3 Å². The van der Waals surface area contributed by atoms with Gasteiger partial charge in [-0.3, -0.25) is 4.55 Å². The van der Waals surface area contributed by atoms with Crippen molar-refractivity contribution in [1.29, 1.82) is 0 Å². The molecule has 0 radical (unpaired) electrons. The Hall–Kier alpha value is -1.40. The van der Waals surface area contributed by atoms with Crippen LogP contribution in [-0.4, -0.2) is 14.9 Å². The first-order valence-corrected chi connectivity index (χ1v) is 5.40. The van der Waals surface area contributed by atoms with Gasteiger partial charge in [0, 0.05) is 0 Å². The van der Waals surface area contributed by atoms with Crippen LogP contribution in [-0.2, 0) is 17.7 Å². The molecule has 15 heavy (non-hydrogen) atoms. The van der Waals surface area contributed by atoms with Gasteiger partial charge >= 0.3 is 6.09 Å². The highest BCUT2D eigenvalue weighted by Gasteiger charge is 2.06. The number of carbonyl (C=O) groups is 1. The molecular formula is C9H11NO4S. The van der Waals surface area contributed by atoms with Crippen molar-refractivity contribution in [3.63, 3.8) is 0 Å². The number of nitrogens with one attached hydrogen (secondary N) is 1. The second-order valence-corrected chi connectivity index (χ2v) is 3.44. The number of benzene rings is 1. The minimum Gasteiger partial charge on any atom is -0.410 e. The molecule has 82 valence electrons. The van der Waals surface area contributed by atoms with Gasteiger partial charge in [-0.2, -0.15) is 0 Å². The molecule has 1 amide bonds. The second kappa shape index (κ2) is 5.47. The van der Waals surface area contributed by atoms with Crippen LogP contribution in [0, 0.1) is 0 Å². The third-order valence-corrected chi connectivity index (χ3v) is 2.03. The maximum Gasteiger partial charge on any atom is 0.426 e. The van der Waals surface area contributed by atoms with Crippen molar-refractivity contribution in [3.8, 4) is 5.75 Å². The minimum absolute atomic E-state index is 0.345. The number of carbonyl (C=O) groups excluding carboxylic acids is 1. The highest BCUT2D eigenvalue weighted by molar-refractivity contribution is 7.77. The van der Waals surface area contributed by atoms with Crippen LogP contribution in [0.5, 0.6) is 5.75 Å². The maximum atomic E-state index is 10.9. The Balaban J connectivity index is 2.63. The summed E-state index contributed by atoms with van der Waals surface area (Å²) < 4.78 is 25.0. The largest absolute Gasteiger partial charge is 0.426 e. The van der Waals surface area contributed by atoms with E-state index in [1.165, 1.54) is 0 Å². The smallest absolute Gasteiger partial charge is 0.410 e. The van der Waals surface area contributed by atoms with Crippen molar-refractivity contribution < 1.29 is 18.3 Å². The monoisotopic (exact) mass is 229 g/mol. The Bertz CT molecular complexity index is 380. The topological polar surface area (TPSA) is 75.6 Å². The van der Waals surface area contributed by atoms with Crippen molar-refractivity contribution in [2.75, 3.05) is 0 Å². The fourth-order valence-electron chi connectivity index (χ4n) is 1.03. The van der Waals surface area contributed by atoms with Crippen LogP contribution in [0.2, 0.25) is 0 Å². The van der Waals surface area contributed by atoms with Crippen LogP contribution in [0.25, 0.3) is 0 Å². The molecule has 0 aliphatic heterocycles. The average Bonchev–Trinajstić information content (AvgIpc) is 2.16. The Morgan fingerprint density at radius 3 is 2.93 bits per heavy atom. The van der Waals surface area contributed by atoms with Crippen molar-refractivity contribution in [3.05, 3.63) is 29.8 Å². The molecule has 5 nitrogen and oxygen atoms in total. The molecule has 0 bridgehead atoms. The molecule has 0 saturated heterocycles. The molecule has 0 saturated carbocycles. The summed E-state index contributed by atoms with van der Waals surface area (Å²) in [6.45, 7) is 1.97. The summed E-state index contributed by atoms with van der Waals surface area (Å²) in [5.41, 5.74) is 1.02. The second-order valence-electron chi connectivity index (χ2n) is 2.74. The molecule has 1 aromatic rings. The van der Waals surface area contributed by atoms with E-state index in [4.69, 9.17) is 9.29 Å². The highest BCUT2D eigenvalue weighted by atomic mass is 32.2. The summed E-state index contributed by atoms with van der Waals surface area (Å²) in [6, 6.07) is 6.94. The summed E-state index contributed by atoms with van der Waals surface area (Å²) in [6.07, 6.45) is -0.130. The van der Waals surface area contributed by atoms with E-state index < -0.39 is 17.4 Å². The zero-order valence-electron chi connectivity index (χ0n) is 8.10. The van der Waals surface area contributed by atoms with E-state index >= 15 is 0 Å². The van der Waals surface area contributed by atoms with Gasteiger partial charge in [0.2, 0.25) is 0 Å². The van der Waals surface area contributed by atoms with E-state index in [9.17, 15) is 9.00 Å². The van der Waals surface area contributed by atoms with Gasteiger partial charge in [0.05, 0.1) is 0 Å². The molecule has 0 aliphatic rings. The number of rotatable bonds is 3. The summed E-state index contributed by atoms with van der Waals surface area (Å²) in [5, 5.41) is 0. The zero-order valence-corrected chi connectivity index (χ0v) is 8.91. The zero-order chi connectivity index (χ0) is 11.3. The SMILES string of the molecule is CCc1cccc(OC(=O)NS(=O)O)c1. The molecule has 1 rings (SSSR count). The lowest BCUT2D eigenvalue weighted by Crippen LogP contribution is -2.28. The normalized spacial score (nSPS) is 11.9. The third kappa shape index (κ3) is 4.09. The number of hydrogen-bond acceptors (Lipinski definition) is 3. The Morgan fingerprint density at radius 2 is 2.33 bits per heavy atom. The molecule has 2 N–H and O–H groups in total. The van der Waals surface area contributed by atoms with E-state index in [0.29, 0.717) is 5.75 Å². The molecule has 0 heterocycles. The summed E-state index contributed by atoms with van der Waals surface area (Å²) >= 11 is -2.40. The van der Waals surface area contributed by atoms with Gasteiger partial charge in [-0.1, -0.05) is 19.1 Å². The van der Waals surface area contributed by atoms with Crippen LogP contribution in [0.15, 0.2) is 24.3 Å². The first-order valence-electron chi connectivity index (χ1n) is 4.30. The molecule has 0 aliphatic carbocycles. The third-order valence-electron chi connectivity index (χ3n) is 1.69. The van der Waals surface area contributed by atoms with Crippen LogP contribution < -0.4 is 9.46 Å². The lowest BCUT2D eigenvalue weighted by Gasteiger charge is -2.04. The van der Waals surface area contributed by atoms with Gasteiger partial charge in [0.15, 0.2) is 0 Å². The molecular weight excluding hydrogens is 218 g/mol. The first-order chi connectivity index (χ1) is 7.11. The minimum atomic E-state index is -2.40. The van der Waals surface area contributed by atoms with E-state index in [1.54, 1.807) is 22.9 Å². The van der Waals surface area contributed by atoms with Crippen LogP contribution in [0.4, 0.5) is 4.79 Å². The molecule has 1 atom stereocenters. The van der Waals surface area contributed by atoms with Crippen LogP contribution in [0.1, 0.15) is 12.5 Å². The van der Waals surface area contributed by atoms with Crippen LogP contribution >= 0.6 is 0 Å². The number of aryl methyl sites for hydroxylation is 1. The van der Waals surface area contributed by atoms with E-state index in [1.807, 2.05) is 13.0 Å². The van der Waals surface area contributed by atoms with Crippen molar-refractivity contribution >= 4 is 17.4 Å². The number of amides is 1. The van der Waals surface area contributed by atoms with Gasteiger partial charge in [-0.15, -0.1) is 0 Å². The fraction of sp³-hybridized carbons (Fsp3) is 0.222. The molecule has 0 aromatic heterocycles. The predicted molar refractivity (Wildman–Crippen MR) is 55.8 cm³/mol. The van der Waals surface area contributed by atoms with Crippen molar-refractivity contribution in [2.45, 2.75) is 13.3 Å². The van der Waals surface area contributed by atoms with E-state index in [2.05, 4.69) is 0 Å². The molecule has 0 fully saturated rings. The molecule has 1 aromatic carbocycles. The van der Waals surface area contributed by atoms with Gasteiger partial charge in [0.1, 0.15) is 5.75 Å². The summed E-state index contributed by atoms with van der Waals surface area (Å²) in [4.78, 5) is 10.9. The van der Waals surface area contributed by atoms with Gasteiger partial charge < -0.3 is 4.74 Å². The van der Waals surface area contributed by atoms with Crippen LogP contribution in [0.3, 0.4) is 0 Å². The average molecular weight is 229 g/mol. The van der Waals surface area contributed by atoms with E-state index in [-0.39, 0.29) is 0 Å². The Labute approximate surface area is 89.9 Å². The van der Waals surface area contributed by atoms with Crippen molar-refractivity contribution in [2.24, 2.45) is 0 Å². The van der Waals surface area contributed by atoms with E-state index in [0.717, 1.165) is 12.0 Å². The summed E-state index contributed by atoms with van der Waals surface area (Å²) in [5.74, 6) is 0.345. The molecule has 0 spiro atoms. The molecule has 1 unspecified atom stereocenters. The molecule has 6 heteroatoms. The first kappa shape index (κ1) is 11.7. The lowest BCUT2D eigenvalue weighted by atomic mass is 10.2. The Kier molecular flexibility index (Phi) is 4.26. The van der Waals surface area contributed by atoms with Gasteiger partial charge in [-0.25, -0.2) is 13.7 Å². The predicted octanol–water partition coefficient (Wildman–Crippen LogP) is 1.47. The Morgan fingerprint density at radius 1 is 1.60 bits per heavy atom. The van der Waals surface area contributed by atoms with Crippen molar-refractivity contribution in [1.82, 2.24) is 4.72 Å².